The molecule has 2 aromatic rings. The number of carbonyl (C=O) groups excluding carboxylic acids is 1. The molecule has 1 saturated heterocycles. The second kappa shape index (κ2) is 5.61. The van der Waals surface area contributed by atoms with Crippen molar-refractivity contribution in [2.24, 2.45) is 5.41 Å². The number of rotatable bonds is 2. The van der Waals surface area contributed by atoms with Crippen molar-refractivity contribution in [3.05, 3.63) is 59.7 Å². The number of phenolic OH excluding ortho intramolecular Hbond substituents is 1. The van der Waals surface area contributed by atoms with E-state index in [2.05, 4.69) is 26.0 Å². The summed E-state index contributed by atoms with van der Waals surface area (Å²) < 4.78 is 0. The molecule has 0 aliphatic carbocycles. The lowest BCUT2D eigenvalue weighted by atomic mass is 9.78. The zero-order chi connectivity index (χ0) is 16.6. The van der Waals surface area contributed by atoms with Gasteiger partial charge >= 0.3 is 0 Å². The number of anilines is 1. The molecule has 120 valence electrons. The molecule has 4 nitrogen and oxygen atoms in total. The van der Waals surface area contributed by atoms with E-state index < -0.39 is 0 Å². The molecular weight excluding hydrogens is 288 g/mol. The molecule has 2 aromatic carbocycles. The van der Waals surface area contributed by atoms with Crippen molar-refractivity contribution in [2.45, 2.75) is 19.8 Å². The topological polar surface area (TPSA) is 66.6 Å². The fraction of sp³-hybridized carbons (Fsp3) is 0.316. The van der Waals surface area contributed by atoms with Gasteiger partial charge in [0.2, 0.25) is 0 Å². The van der Waals surface area contributed by atoms with Gasteiger partial charge in [0.25, 0.3) is 5.91 Å². The second-order valence-corrected chi connectivity index (χ2v) is 6.91. The zero-order valence-electron chi connectivity index (χ0n) is 13.5. The highest BCUT2D eigenvalue weighted by Gasteiger charge is 2.42. The Morgan fingerprint density at radius 2 is 1.91 bits per heavy atom. The number of nitrogens with zero attached hydrogens (tertiary/aromatic N) is 1. The van der Waals surface area contributed by atoms with Crippen LogP contribution in [0.4, 0.5) is 5.69 Å². The van der Waals surface area contributed by atoms with E-state index >= 15 is 0 Å². The highest BCUT2D eigenvalue weighted by Crippen LogP contribution is 2.42. The number of nitrogens with two attached hydrogens (primary N) is 1. The molecule has 1 heterocycles. The van der Waals surface area contributed by atoms with Gasteiger partial charge in [-0.1, -0.05) is 44.2 Å². The van der Waals surface area contributed by atoms with Crippen molar-refractivity contribution in [1.29, 1.82) is 0 Å². The normalized spacial score (nSPS) is 19.7. The number of amides is 1. The van der Waals surface area contributed by atoms with Crippen molar-refractivity contribution >= 4 is 11.6 Å². The summed E-state index contributed by atoms with van der Waals surface area (Å²) in [7, 11) is 0. The van der Waals surface area contributed by atoms with E-state index in [1.54, 1.807) is 6.07 Å². The predicted molar refractivity (Wildman–Crippen MR) is 91.4 cm³/mol. The van der Waals surface area contributed by atoms with E-state index in [4.69, 9.17) is 5.73 Å². The number of hydrogen-bond donors (Lipinski definition) is 2. The molecular formula is C19H22N2O2. The van der Waals surface area contributed by atoms with Crippen LogP contribution in [0.1, 0.15) is 35.7 Å². The average Bonchev–Trinajstić information content (AvgIpc) is 2.85. The van der Waals surface area contributed by atoms with E-state index in [1.807, 2.05) is 23.1 Å². The average molecular weight is 310 g/mol. The third-order valence-corrected chi connectivity index (χ3v) is 4.70. The summed E-state index contributed by atoms with van der Waals surface area (Å²) in [6, 6.07) is 14.8. The number of nitrogen functional groups attached to an aromatic ring is 1. The third-order valence-electron chi connectivity index (χ3n) is 4.70. The van der Waals surface area contributed by atoms with Gasteiger partial charge in [-0.2, -0.15) is 0 Å². The maximum absolute atomic E-state index is 12.8. The van der Waals surface area contributed by atoms with E-state index in [9.17, 15) is 9.90 Å². The lowest BCUT2D eigenvalue weighted by molar-refractivity contribution is 0.0778. The molecule has 23 heavy (non-hydrogen) atoms. The largest absolute Gasteiger partial charge is 0.508 e. The molecule has 0 bridgehead atoms. The van der Waals surface area contributed by atoms with Crippen LogP contribution < -0.4 is 5.73 Å². The Hall–Kier alpha value is -2.49. The summed E-state index contributed by atoms with van der Waals surface area (Å²) in [5.41, 5.74) is 7.92. The van der Waals surface area contributed by atoms with Gasteiger partial charge in [-0.05, 0) is 29.2 Å². The monoisotopic (exact) mass is 310 g/mol. The summed E-state index contributed by atoms with van der Waals surface area (Å²) in [6.45, 7) is 5.69. The van der Waals surface area contributed by atoms with Crippen LogP contribution in [0.15, 0.2) is 48.5 Å². The van der Waals surface area contributed by atoms with Crippen LogP contribution in [-0.2, 0) is 0 Å². The first-order chi connectivity index (χ1) is 10.9. The van der Waals surface area contributed by atoms with Gasteiger partial charge in [0.05, 0.1) is 5.56 Å². The minimum absolute atomic E-state index is 0.0113. The minimum Gasteiger partial charge on any atom is -0.508 e. The quantitative estimate of drug-likeness (QED) is 0.661. The summed E-state index contributed by atoms with van der Waals surface area (Å²) >= 11 is 0. The summed E-state index contributed by atoms with van der Waals surface area (Å²) in [6.07, 6.45) is 0. The maximum atomic E-state index is 12.8. The van der Waals surface area contributed by atoms with E-state index in [1.165, 1.54) is 17.7 Å². The molecule has 1 aliphatic rings. The van der Waals surface area contributed by atoms with Crippen LogP contribution in [0, 0.1) is 5.41 Å². The fourth-order valence-electron chi connectivity index (χ4n) is 3.43. The highest BCUT2D eigenvalue weighted by atomic mass is 16.3. The highest BCUT2D eigenvalue weighted by molar-refractivity contribution is 5.99. The van der Waals surface area contributed by atoms with Gasteiger partial charge in [0.15, 0.2) is 0 Å². The molecule has 1 fully saturated rings. The van der Waals surface area contributed by atoms with E-state index in [0.717, 1.165) is 0 Å². The second-order valence-electron chi connectivity index (χ2n) is 6.91. The number of benzene rings is 2. The van der Waals surface area contributed by atoms with Crippen molar-refractivity contribution in [1.82, 2.24) is 4.90 Å². The SMILES string of the molecule is CC1(C)CN(C(=O)c2cc(O)ccc2N)C[C@H]1c1ccccc1. The van der Waals surface area contributed by atoms with Gasteiger partial charge in [0.1, 0.15) is 5.75 Å². The first-order valence-electron chi connectivity index (χ1n) is 7.81. The molecule has 0 saturated carbocycles. The Bertz CT molecular complexity index is 725. The first kappa shape index (κ1) is 15.4. The van der Waals surface area contributed by atoms with E-state index in [0.29, 0.717) is 24.3 Å². The summed E-state index contributed by atoms with van der Waals surface area (Å²) in [5.74, 6) is 0.219. The first-order valence-corrected chi connectivity index (χ1v) is 7.81. The predicted octanol–water partition coefficient (Wildman–Crippen LogP) is 3.24. The Labute approximate surface area is 136 Å². The van der Waals surface area contributed by atoms with Gasteiger partial charge in [-0.25, -0.2) is 0 Å². The van der Waals surface area contributed by atoms with Crippen LogP contribution in [0.3, 0.4) is 0 Å². The van der Waals surface area contributed by atoms with Gasteiger partial charge in [-0.3, -0.25) is 4.79 Å². The Morgan fingerprint density at radius 1 is 1.22 bits per heavy atom. The lowest BCUT2D eigenvalue weighted by Crippen LogP contribution is -2.30. The number of likely N-dealkylation sites (tertiary alicyclic amines) is 1. The minimum atomic E-state index is -0.120. The molecule has 0 radical (unpaired) electrons. The molecule has 1 amide bonds. The lowest BCUT2D eigenvalue weighted by Gasteiger charge is -2.25. The van der Waals surface area contributed by atoms with Crippen LogP contribution in [0.5, 0.6) is 5.75 Å². The number of aromatic hydroxyl groups is 1. The molecule has 3 N–H and O–H groups in total. The van der Waals surface area contributed by atoms with Crippen LogP contribution in [0.2, 0.25) is 0 Å². The molecule has 1 atom stereocenters. The number of hydrogen-bond acceptors (Lipinski definition) is 3. The molecule has 0 unspecified atom stereocenters. The Kier molecular flexibility index (Phi) is 3.76. The maximum Gasteiger partial charge on any atom is 0.256 e. The molecule has 4 heteroatoms. The Morgan fingerprint density at radius 3 is 2.61 bits per heavy atom. The van der Waals surface area contributed by atoms with E-state index in [-0.39, 0.29) is 23.0 Å². The van der Waals surface area contributed by atoms with Crippen molar-refractivity contribution in [2.75, 3.05) is 18.8 Å². The van der Waals surface area contributed by atoms with Crippen LogP contribution in [-0.4, -0.2) is 29.0 Å². The van der Waals surface area contributed by atoms with Crippen molar-refractivity contribution < 1.29 is 9.90 Å². The third kappa shape index (κ3) is 2.89. The molecule has 1 aliphatic heterocycles. The van der Waals surface area contributed by atoms with Gasteiger partial charge in [0, 0.05) is 24.7 Å². The van der Waals surface area contributed by atoms with Gasteiger partial charge in [-0.15, -0.1) is 0 Å². The van der Waals surface area contributed by atoms with Crippen molar-refractivity contribution in [3.8, 4) is 5.75 Å². The summed E-state index contributed by atoms with van der Waals surface area (Å²) in [4.78, 5) is 14.7. The molecule has 0 spiro atoms. The zero-order valence-corrected chi connectivity index (χ0v) is 13.5. The number of phenols is 1. The van der Waals surface area contributed by atoms with Crippen LogP contribution >= 0.6 is 0 Å². The Balaban J connectivity index is 1.88. The molecule has 3 rings (SSSR count). The van der Waals surface area contributed by atoms with Crippen molar-refractivity contribution in [3.63, 3.8) is 0 Å². The van der Waals surface area contributed by atoms with Crippen LogP contribution in [0.25, 0.3) is 0 Å². The fourth-order valence-corrected chi connectivity index (χ4v) is 3.43. The standard InChI is InChI=1S/C19H22N2O2/c1-19(2)12-21(11-16(19)13-6-4-3-5-7-13)18(23)15-10-14(22)8-9-17(15)20/h3-10,16,22H,11-12,20H2,1-2H3/t16-/m0/s1. The smallest absolute Gasteiger partial charge is 0.256 e. The molecule has 0 aromatic heterocycles. The van der Waals surface area contributed by atoms with Gasteiger partial charge < -0.3 is 15.7 Å². The summed E-state index contributed by atoms with van der Waals surface area (Å²) in [5, 5.41) is 9.64. The number of carbonyl (C=O) groups is 1.